The van der Waals surface area contributed by atoms with Crippen molar-refractivity contribution in [3.05, 3.63) is 99.0 Å². The molecule has 200 valence electrons. The number of hydrogen-bond acceptors (Lipinski definition) is 3. The van der Waals surface area contributed by atoms with Gasteiger partial charge in [0.2, 0.25) is 5.91 Å². The van der Waals surface area contributed by atoms with Gasteiger partial charge in [-0.25, -0.2) is 0 Å². The Balaban J connectivity index is 1.61. The second-order valence-electron chi connectivity index (χ2n) is 9.56. The highest BCUT2D eigenvalue weighted by Gasteiger charge is 2.32. The number of nitrogens with zero attached hydrogens (tertiary/aromatic N) is 1. The van der Waals surface area contributed by atoms with Crippen molar-refractivity contribution in [3.63, 3.8) is 0 Å². The average molecular weight is 574 g/mol. The Bertz CT molecular complexity index is 1220. The molecular weight excluding hydrogens is 543 g/mol. The Hall–Kier alpha value is -2.73. The van der Waals surface area contributed by atoms with Crippen molar-refractivity contribution in [1.82, 2.24) is 10.2 Å². The van der Waals surface area contributed by atoms with E-state index in [1.165, 1.54) is 6.42 Å². The third-order valence-corrected chi connectivity index (χ3v) is 7.52. The minimum Gasteiger partial charge on any atom is -0.482 e. The van der Waals surface area contributed by atoms with Crippen LogP contribution in [0.4, 0.5) is 0 Å². The van der Waals surface area contributed by atoms with Crippen molar-refractivity contribution in [2.75, 3.05) is 6.61 Å². The molecule has 0 spiro atoms. The molecule has 1 aliphatic carbocycles. The first-order valence-electron chi connectivity index (χ1n) is 12.8. The van der Waals surface area contributed by atoms with Crippen LogP contribution in [0.3, 0.4) is 0 Å². The predicted molar refractivity (Wildman–Crippen MR) is 153 cm³/mol. The Morgan fingerprint density at radius 1 is 0.868 bits per heavy atom. The van der Waals surface area contributed by atoms with E-state index in [0.29, 0.717) is 27.2 Å². The van der Waals surface area contributed by atoms with E-state index in [0.717, 1.165) is 36.8 Å². The lowest BCUT2D eigenvalue weighted by Crippen LogP contribution is -2.53. The van der Waals surface area contributed by atoms with Crippen LogP contribution in [0.1, 0.15) is 43.2 Å². The zero-order valence-corrected chi connectivity index (χ0v) is 23.3. The number of carbonyl (C=O) groups is 2. The summed E-state index contributed by atoms with van der Waals surface area (Å²) in [6.07, 6.45) is 5.65. The first kappa shape index (κ1) is 28.3. The molecule has 1 unspecified atom stereocenters. The molecule has 0 aliphatic heterocycles. The molecule has 0 heterocycles. The van der Waals surface area contributed by atoms with Crippen LogP contribution in [-0.4, -0.2) is 35.4 Å². The highest BCUT2D eigenvalue weighted by atomic mass is 35.5. The van der Waals surface area contributed by atoms with Gasteiger partial charge < -0.3 is 15.0 Å². The highest BCUT2D eigenvalue weighted by Crippen LogP contribution is 2.28. The molecule has 0 saturated heterocycles. The number of nitrogens with one attached hydrogen (secondary N) is 1. The molecule has 4 rings (SSSR count). The normalized spacial score (nSPS) is 14.5. The monoisotopic (exact) mass is 572 g/mol. The van der Waals surface area contributed by atoms with Gasteiger partial charge >= 0.3 is 0 Å². The summed E-state index contributed by atoms with van der Waals surface area (Å²) in [6.45, 7) is -0.0553. The van der Waals surface area contributed by atoms with E-state index in [2.05, 4.69) is 5.32 Å². The summed E-state index contributed by atoms with van der Waals surface area (Å²) >= 11 is 18.3. The topological polar surface area (TPSA) is 58.6 Å². The Kier molecular flexibility index (Phi) is 10.3. The van der Waals surface area contributed by atoms with Gasteiger partial charge in [-0.2, -0.15) is 0 Å². The number of rotatable bonds is 10. The van der Waals surface area contributed by atoms with Gasteiger partial charge in [0.05, 0.1) is 5.02 Å². The fourth-order valence-corrected chi connectivity index (χ4v) is 5.29. The standard InChI is InChI=1S/C30H31Cl3N2O3/c31-23-13-11-22(12-14-23)19-35(29(36)20-38-28-16-15-24(32)18-26(28)33)27(17-21-7-3-1-4-8-21)30(37)34-25-9-5-2-6-10-25/h1,3-4,7-8,11-16,18,25,27H,2,5-6,9-10,17,19-20H2,(H,34,37). The molecule has 1 aliphatic rings. The molecule has 5 nitrogen and oxygen atoms in total. The van der Waals surface area contributed by atoms with Gasteiger partial charge in [0, 0.05) is 29.1 Å². The lowest BCUT2D eigenvalue weighted by molar-refractivity contribution is -0.143. The second kappa shape index (κ2) is 13.9. The van der Waals surface area contributed by atoms with E-state index >= 15 is 0 Å². The first-order valence-corrected chi connectivity index (χ1v) is 14.0. The van der Waals surface area contributed by atoms with E-state index in [-0.39, 0.29) is 31.0 Å². The molecule has 0 radical (unpaired) electrons. The highest BCUT2D eigenvalue weighted by molar-refractivity contribution is 6.35. The van der Waals surface area contributed by atoms with E-state index in [1.54, 1.807) is 35.2 Å². The smallest absolute Gasteiger partial charge is 0.261 e. The van der Waals surface area contributed by atoms with Gasteiger partial charge in [-0.3, -0.25) is 9.59 Å². The van der Waals surface area contributed by atoms with Crippen LogP contribution in [0.25, 0.3) is 0 Å². The summed E-state index contributed by atoms with van der Waals surface area (Å²) in [4.78, 5) is 29.1. The molecule has 1 atom stereocenters. The molecule has 1 fully saturated rings. The zero-order chi connectivity index (χ0) is 26.9. The fourth-order valence-electron chi connectivity index (χ4n) is 4.70. The predicted octanol–water partition coefficient (Wildman–Crippen LogP) is 7.11. The quantitative estimate of drug-likeness (QED) is 0.281. The van der Waals surface area contributed by atoms with Crippen LogP contribution < -0.4 is 10.1 Å². The second-order valence-corrected chi connectivity index (χ2v) is 10.8. The average Bonchev–Trinajstić information content (AvgIpc) is 2.92. The molecule has 3 aromatic rings. The van der Waals surface area contributed by atoms with Crippen LogP contribution in [0.2, 0.25) is 15.1 Å². The van der Waals surface area contributed by atoms with E-state index < -0.39 is 6.04 Å². The lowest BCUT2D eigenvalue weighted by atomic mass is 9.94. The summed E-state index contributed by atoms with van der Waals surface area (Å²) in [5.74, 6) is -0.139. The van der Waals surface area contributed by atoms with E-state index in [4.69, 9.17) is 39.5 Å². The number of halogens is 3. The Morgan fingerprint density at radius 2 is 1.55 bits per heavy atom. The van der Waals surface area contributed by atoms with Gasteiger partial charge in [-0.1, -0.05) is 96.5 Å². The van der Waals surface area contributed by atoms with Crippen LogP contribution in [0.5, 0.6) is 5.75 Å². The number of benzene rings is 3. The molecule has 8 heteroatoms. The largest absolute Gasteiger partial charge is 0.482 e. The molecule has 0 aromatic heterocycles. The van der Waals surface area contributed by atoms with Crippen molar-refractivity contribution in [1.29, 1.82) is 0 Å². The fraction of sp³-hybridized carbons (Fsp3) is 0.333. The van der Waals surface area contributed by atoms with Crippen molar-refractivity contribution < 1.29 is 14.3 Å². The Labute approximate surface area is 239 Å². The van der Waals surface area contributed by atoms with Crippen molar-refractivity contribution in [2.45, 2.75) is 57.2 Å². The molecule has 1 saturated carbocycles. The Morgan fingerprint density at radius 3 is 2.24 bits per heavy atom. The number of amides is 2. The summed E-state index contributed by atoms with van der Waals surface area (Å²) in [5, 5.41) is 4.61. The minimum absolute atomic E-state index is 0.117. The number of hydrogen-bond donors (Lipinski definition) is 1. The summed E-state index contributed by atoms with van der Waals surface area (Å²) in [7, 11) is 0. The van der Waals surface area contributed by atoms with E-state index in [1.807, 2.05) is 42.5 Å². The summed E-state index contributed by atoms with van der Waals surface area (Å²) in [5.41, 5.74) is 1.82. The molecule has 1 N–H and O–H groups in total. The maximum atomic E-state index is 13.8. The number of ether oxygens (including phenoxy) is 1. The van der Waals surface area contributed by atoms with Crippen molar-refractivity contribution in [2.24, 2.45) is 0 Å². The maximum Gasteiger partial charge on any atom is 0.261 e. The first-order chi connectivity index (χ1) is 18.4. The summed E-state index contributed by atoms with van der Waals surface area (Å²) in [6, 6.07) is 21.2. The number of carbonyl (C=O) groups excluding carboxylic acids is 2. The lowest BCUT2D eigenvalue weighted by Gasteiger charge is -2.33. The maximum absolute atomic E-state index is 13.8. The SMILES string of the molecule is O=C(NC1CCCCC1)C(Cc1ccccc1)N(Cc1ccc(Cl)cc1)C(=O)COc1ccc(Cl)cc1Cl. The van der Waals surface area contributed by atoms with Crippen LogP contribution in [0.15, 0.2) is 72.8 Å². The molecular formula is C30H31Cl3N2O3. The van der Waals surface area contributed by atoms with Crippen LogP contribution in [0, 0.1) is 0 Å². The third kappa shape index (κ3) is 8.13. The molecule has 3 aromatic carbocycles. The van der Waals surface area contributed by atoms with Gasteiger partial charge in [-0.05, 0) is 54.3 Å². The van der Waals surface area contributed by atoms with Gasteiger partial charge in [0.1, 0.15) is 11.8 Å². The van der Waals surface area contributed by atoms with Crippen LogP contribution in [-0.2, 0) is 22.6 Å². The molecule has 38 heavy (non-hydrogen) atoms. The molecule has 2 amide bonds. The van der Waals surface area contributed by atoms with E-state index in [9.17, 15) is 9.59 Å². The summed E-state index contributed by atoms with van der Waals surface area (Å²) < 4.78 is 5.79. The van der Waals surface area contributed by atoms with Crippen LogP contribution >= 0.6 is 34.8 Å². The van der Waals surface area contributed by atoms with Crippen molar-refractivity contribution >= 4 is 46.6 Å². The minimum atomic E-state index is -0.730. The van der Waals surface area contributed by atoms with Crippen molar-refractivity contribution in [3.8, 4) is 5.75 Å². The third-order valence-electron chi connectivity index (χ3n) is 6.73. The molecule has 0 bridgehead atoms. The van der Waals surface area contributed by atoms with Gasteiger partial charge in [0.25, 0.3) is 5.91 Å². The zero-order valence-electron chi connectivity index (χ0n) is 21.0. The van der Waals surface area contributed by atoms with Gasteiger partial charge in [-0.15, -0.1) is 0 Å². The van der Waals surface area contributed by atoms with Gasteiger partial charge in [0.15, 0.2) is 6.61 Å².